The van der Waals surface area contributed by atoms with Crippen LogP contribution in [0.2, 0.25) is 0 Å². The molecule has 0 aliphatic rings. The van der Waals surface area contributed by atoms with Gasteiger partial charge in [0.2, 0.25) is 5.95 Å². The Labute approximate surface area is 118 Å². The number of nitrogens with zero attached hydrogens (tertiary/aromatic N) is 3. The largest absolute Gasteiger partial charge is 0.355 e. The predicted octanol–water partition coefficient (Wildman–Crippen LogP) is 3.55. The minimum absolute atomic E-state index is 0.897. The lowest BCUT2D eigenvalue weighted by molar-refractivity contribution is 0.938. The zero-order valence-electron chi connectivity index (χ0n) is 11.8. The fourth-order valence-corrected chi connectivity index (χ4v) is 2.36. The first-order valence-corrected chi connectivity index (χ1v) is 6.92. The summed E-state index contributed by atoms with van der Waals surface area (Å²) in [6, 6.07) is 8.29. The number of nitrogens with one attached hydrogen (secondary N) is 1. The van der Waals surface area contributed by atoms with Crippen LogP contribution in [0.4, 0.5) is 5.95 Å². The molecular weight excluding hydrogens is 248 g/mol. The first-order chi connectivity index (χ1) is 9.79. The zero-order chi connectivity index (χ0) is 13.9. The average Bonchev–Trinajstić information content (AvgIpc) is 2.85. The molecular formula is C16H18N4. The van der Waals surface area contributed by atoms with Crippen molar-refractivity contribution in [2.24, 2.45) is 0 Å². The van der Waals surface area contributed by atoms with Crippen molar-refractivity contribution in [2.45, 2.75) is 20.3 Å². The van der Waals surface area contributed by atoms with Crippen molar-refractivity contribution in [1.82, 2.24) is 14.5 Å². The fraction of sp³-hybridized carbons (Fsp3) is 0.250. The second kappa shape index (κ2) is 5.33. The number of imidazole rings is 1. The molecule has 2 heterocycles. The summed E-state index contributed by atoms with van der Waals surface area (Å²) in [5, 5.41) is 5.70. The van der Waals surface area contributed by atoms with Crippen LogP contribution in [0.25, 0.3) is 16.5 Å². The fourth-order valence-electron chi connectivity index (χ4n) is 2.36. The van der Waals surface area contributed by atoms with Gasteiger partial charge in [0.15, 0.2) is 0 Å². The van der Waals surface area contributed by atoms with Crippen molar-refractivity contribution < 1.29 is 0 Å². The van der Waals surface area contributed by atoms with Crippen LogP contribution < -0.4 is 5.32 Å². The van der Waals surface area contributed by atoms with E-state index in [2.05, 4.69) is 51.2 Å². The van der Waals surface area contributed by atoms with Gasteiger partial charge in [-0.25, -0.2) is 4.98 Å². The summed E-state index contributed by atoms with van der Waals surface area (Å²) in [6.07, 6.45) is 6.86. The number of benzene rings is 1. The maximum atomic E-state index is 4.57. The predicted molar refractivity (Wildman–Crippen MR) is 82.4 cm³/mol. The molecule has 0 aliphatic heterocycles. The molecule has 3 aromatic rings. The summed E-state index contributed by atoms with van der Waals surface area (Å²) in [5.74, 6) is 0.897. The number of pyridine rings is 1. The molecule has 4 heteroatoms. The van der Waals surface area contributed by atoms with Gasteiger partial charge in [0, 0.05) is 35.9 Å². The molecule has 1 N–H and O–H groups in total. The maximum absolute atomic E-state index is 4.57. The summed E-state index contributed by atoms with van der Waals surface area (Å²) < 4.78 is 2.12. The van der Waals surface area contributed by atoms with E-state index in [0.29, 0.717) is 0 Å². The second-order valence-electron chi connectivity index (χ2n) is 4.88. The highest BCUT2D eigenvalue weighted by Crippen LogP contribution is 2.24. The molecule has 0 spiro atoms. The second-order valence-corrected chi connectivity index (χ2v) is 4.88. The van der Waals surface area contributed by atoms with Crippen molar-refractivity contribution in [3.63, 3.8) is 0 Å². The number of aryl methyl sites for hydroxylation is 1. The molecule has 3 rings (SSSR count). The topological polar surface area (TPSA) is 42.7 Å². The molecule has 0 atom stereocenters. The van der Waals surface area contributed by atoms with Gasteiger partial charge in [0.1, 0.15) is 0 Å². The minimum Gasteiger partial charge on any atom is -0.355 e. The summed E-state index contributed by atoms with van der Waals surface area (Å²) >= 11 is 0. The van der Waals surface area contributed by atoms with Crippen LogP contribution in [0.15, 0.2) is 42.9 Å². The molecule has 1 aromatic carbocycles. The van der Waals surface area contributed by atoms with Crippen LogP contribution >= 0.6 is 0 Å². The maximum Gasteiger partial charge on any atom is 0.207 e. The number of fused-ring (bicyclic) bond motifs is 1. The third-order valence-corrected chi connectivity index (χ3v) is 3.28. The lowest BCUT2D eigenvalue weighted by atomic mass is 10.1. The molecule has 20 heavy (non-hydrogen) atoms. The highest BCUT2D eigenvalue weighted by Gasteiger charge is 2.09. The third-order valence-electron chi connectivity index (χ3n) is 3.28. The van der Waals surface area contributed by atoms with Crippen molar-refractivity contribution in [3.8, 4) is 5.69 Å². The minimum atomic E-state index is 0.897. The summed E-state index contributed by atoms with van der Waals surface area (Å²) in [7, 11) is 0. The van der Waals surface area contributed by atoms with Crippen LogP contribution in [0, 0.1) is 6.92 Å². The van der Waals surface area contributed by atoms with E-state index in [1.807, 2.05) is 25.4 Å². The molecule has 0 radical (unpaired) electrons. The molecule has 0 amide bonds. The van der Waals surface area contributed by atoms with Gasteiger partial charge in [0.25, 0.3) is 0 Å². The SMILES string of the molecule is CCCNc1nc(C)cn1-c1cccc2cnccc12. The van der Waals surface area contributed by atoms with E-state index in [0.717, 1.165) is 35.7 Å². The van der Waals surface area contributed by atoms with E-state index in [-0.39, 0.29) is 0 Å². The Kier molecular flexibility index (Phi) is 3.37. The Hall–Kier alpha value is -2.36. The van der Waals surface area contributed by atoms with E-state index in [1.54, 1.807) is 0 Å². The molecule has 0 saturated carbocycles. The van der Waals surface area contributed by atoms with Crippen LogP contribution in [0.5, 0.6) is 0 Å². The lowest BCUT2D eigenvalue weighted by Crippen LogP contribution is -2.07. The standard InChI is InChI=1S/C16H18N4/c1-3-8-18-16-19-12(2)11-20(16)15-6-4-5-13-10-17-9-7-14(13)15/h4-7,9-11H,3,8H2,1-2H3,(H,18,19). The average molecular weight is 266 g/mol. The molecule has 0 saturated heterocycles. The van der Waals surface area contributed by atoms with E-state index in [4.69, 9.17) is 0 Å². The number of anilines is 1. The number of hydrogen-bond acceptors (Lipinski definition) is 3. The van der Waals surface area contributed by atoms with Crippen molar-refractivity contribution in [1.29, 1.82) is 0 Å². The summed E-state index contributed by atoms with van der Waals surface area (Å²) in [6.45, 7) is 5.08. The van der Waals surface area contributed by atoms with Gasteiger partial charge in [-0.2, -0.15) is 0 Å². The van der Waals surface area contributed by atoms with E-state index in [9.17, 15) is 0 Å². The Morgan fingerprint density at radius 2 is 2.15 bits per heavy atom. The lowest BCUT2D eigenvalue weighted by Gasteiger charge is -2.11. The van der Waals surface area contributed by atoms with Crippen LogP contribution in [-0.4, -0.2) is 21.1 Å². The van der Waals surface area contributed by atoms with Crippen LogP contribution in [0.1, 0.15) is 19.0 Å². The first-order valence-electron chi connectivity index (χ1n) is 6.92. The Balaban J connectivity index is 2.15. The Morgan fingerprint density at radius 1 is 1.25 bits per heavy atom. The Morgan fingerprint density at radius 3 is 3.00 bits per heavy atom. The quantitative estimate of drug-likeness (QED) is 0.785. The van der Waals surface area contributed by atoms with E-state index >= 15 is 0 Å². The smallest absolute Gasteiger partial charge is 0.207 e. The van der Waals surface area contributed by atoms with Gasteiger partial charge in [0.05, 0.1) is 11.4 Å². The normalized spacial score (nSPS) is 10.9. The van der Waals surface area contributed by atoms with Crippen molar-refractivity contribution in [3.05, 3.63) is 48.5 Å². The highest BCUT2D eigenvalue weighted by molar-refractivity contribution is 5.89. The molecule has 0 fully saturated rings. The first kappa shape index (κ1) is 12.7. The van der Waals surface area contributed by atoms with Gasteiger partial charge in [-0.3, -0.25) is 9.55 Å². The molecule has 0 unspecified atom stereocenters. The molecule has 2 aromatic heterocycles. The molecule has 0 bridgehead atoms. The molecule has 0 aliphatic carbocycles. The highest BCUT2D eigenvalue weighted by atomic mass is 15.2. The monoisotopic (exact) mass is 266 g/mol. The summed E-state index contributed by atoms with van der Waals surface area (Å²) in [5.41, 5.74) is 2.14. The van der Waals surface area contributed by atoms with Crippen molar-refractivity contribution >= 4 is 16.7 Å². The van der Waals surface area contributed by atoms with E-state index in [1.165, 1.54) is 5.39 Å². The molecule has 4 nitrogen and oxygen atoms in total. The number of rotatable bonds is 4. The molecule has 102 valence electrons. The zero-order valence-corrected chi connectivity index (χ0v) is 11.8. The Bertz CT molecular complexity index is 725. The number of aromatic nitrogens is 3. The number of hydrogen-bond donors (Lipinski definition) is 1. The van der Waals surface area contributed by atoms with Gasteiger partial charge in [-0.1, -0.05) is 19.1 Å². The van der Waals surface area contributed by atoms with Gasteiger partial charge in [-0.05, 0) is 25.5 Å². The van der Waals surface area contributed by atoms with Gasteiger partial charge >= 0.3 is 0 Å². The van der Waals surface area contributed by atoms with Crippen LogP contribution in [-0.2, 0) is 0 Å². The third kappa shape index (κ3) is 2.25. The van der Waals surface area contributed by atoms with E-state index < -0.39 is 0 Å². The van der Waals surface area contributed by atoms with Crippen molar-refractivity contribution in [2.75, 3.05) is 11.9 Å². The van der Waals surface area contributed by atoms with Gasteiger partial charge in [-0.15, -0.1) is 0 Å². The van der Waals surface area contributed by atoms with Crippen LogP contribution in [0.3, 0.4) is 0 Å². The summed E-state index contributed by atoms with van der Waals surface area (Å²) in [4.78, 5) is 8.75. The van der Waals surface area contributed by atoms with Gasteiger partial charge < -0.3 is 5.32 Å².